The van der Waals surface area contributed by atoms with E-state index in [4.69, 9.17) is 11.7 Å². The number of fused-ring (bicyclic) bond motifs is 2. The average molecular weight is 431 g/mol. The van der Waals surface area contributed by atoms with Crippen LogP contribution in [0.5, 0.6) is 0 Å². The molecule has 4 aromatic rings. The first-order valence-electron chi connectivity index (χ1n) is 10.4. The van der Waals surface area contributed by atoms with Gasteiger partial charge in [-0.2, -0.15) is 0 Å². The fourth-order valence-corrected chi connectivity index (χ4v) is 3.18. The van der Waals surface area contributed by atoms with Crippen LogP contribution in [0.3, 0.4) is 0 Å². The molecule has 6 nitrogen and oxygen atoms in total. The molecule has 0 saturated heterocycles. The van der Waals surface area contributed by atoms with Gasteiger partial charge in [-0.15, -0.1) is 0 Å². The summed E-state index contributed by atoms with van der Waals surface area (Å²) in [6.07, 6.45) is 0. The molecule has 0 aromatic heterocycles. The lowest BCUT2D eigenvalue weighted by molar-refractivity contribution is 0.0946. The second-order valence-corrected chi connectivity index (χ2v) is 7.08. The molecule has 4 aromatic carbocycles. The number of amides is 2. The summed E-state index contributed by atoms with van der Waals surface area (Å²) in [7, 11) is 0. The Morgan fingerprint density at radius 2 is 0.875 bits per heavy atom. The quantitative estimate of drug-likeness (QED) is 0.213. The van der Waals surface area contributed by atoms with E-state index in [1.807, 2.05) is 76.2 Å². The molecule has 32 heavy (non-hydrogen) atoms. The minimum atomic E-state index is -0.266. The van der Waals surface area contributed by atoms with Crippen molar-refractivity contribution in [3.8, 4) is 0 Å². The van der Waals surface area contributed by atoms with Crippen molar-refractivity contribution in [1.82, 2.24) is 10.9 Å². The van der Waals surface area contributed by atoms with Crippen molar-refractivity contribution < 1.29 is 9.59 Å². The van der Waals surface area contributed by atoms with Gasteiger partial charge in [0.2, 0.25) is 0 Å². The molecule has 0 radical (unpaired) electrons. The van der Waals surface area contributed by atoms with Crippen LogP contribution in [0, 0.1) is 13.8 Å². The summed E-state index contributed by atoms with van der Waals surface area (Å²) in [5.41, 5.74) is 7.81. The van der Waals surface area contributed by atoms with Crippen molar-refractivity contribution in [3.05, 3.63) is 95.1 Å². The minimum absolute atomic E-state index is 0.266. The van der Waals surface area contributed by atoms with Gasteiger partial charge in [0, 0.05) is 11.1 Å². The van der Waals surface area contributed by atoms with Crippen molar-refractivity contribution in [2.75, 3.05) is 0 Å². The van der Waals surface area contributed by atoms with Crippen LogP contribution in [0.25, 0.3) is 21.5 Å². The van der Waals surface area contributed by atoms with Gasteiger partial charge in [-0.05, 0) is 59.7 Å². The number of nitrogens with one attached hydrogen (secondary N) is 2. The van der Waals surface area contributed by atoms with Crippen LogP contribution in [0.15, 0.2) is 72.8 Å². The van der Waals surface area contributed by atoms with Crippen LogP contribution >= 0.6 is 0 Å². The van der Waals surface area contributed by atoms with Gasteiger partial charge >= 0.3 is 0 Å². The predicted molar refractivity (Wildman–Crippen MR) is 132 cm³/mol. The maximum absolute atomic E-state index is 11.3. The Morgan fingerprint density at radius 3 is 1.22 bits per heavy atom. The number of carbonyl (C=O) groups excluding carboxylic acids is 2. The SMILES string of the molecule is CC.Cc1ccc2cc(C(=O)NN)ccc2c1.Cc1ccc2cc(C(=O)NN)ccc2c1. The average Bonchev–Trinajstić information content (AvgIpc) is 2.84. The number of benzene rings is 4. The molecule has 0 saturated carbocycles. The highest BCUT2D eigenvalue weighted by atomic mass is 16.2. The van der Waals surface area contributed by atoms with Crippen LogP contribution in [0.2, 0.25) is 0 Å². The van der Waals surface area contributed by atoms with Crippen molar-refractivity contribution in [2.45, 2.75) is 27.7 Å². The number of hydrogen-bond donors (Lipinski definition) is 4. The Morgan fingerprint density at radius 1 is 0.562 bits per heavy atom. The summed E-state index contributed by atoms with van der Waals surface area (Å²) < 4.78 is 0. The zero-order valence-electron chi connectivity index (χ0n) is 18.9. The van der Waals surface area contributed by atoms with Gasteiger partial charge in [-0.25, -0.2) is 11.7 Å². The molecule has 6 N–H and O–H groups in total. The Labute approximate surface area is 188 Å². The fourth-order valence-electron chi connectivity index (χ4n) is 3.18. The highest BCUT2D eigenvalue weighted by molar-refractivity contribution is 5.99. The molecule has 0 bridgehead atoms. The zero-order valence-corrected chi connectivity index (χ0v) is 18.9. The Balaban J connectivity index is 0.000000211. The molecular formula is C26H30N4O2. The summed E-state index contributed by atoms with van der Waals surface area (Å²) in [6.45, 7) is 8.08. The molecule has 0 atom stereocenters. The van der Waals surface area contributed by atoms with E-state index >= 15 is 0 Å². The van der Waals surface area contributed by atoms with E-state index in [0.29, 0.717) is 11.1 Å². The number of carbonyl (C=O) groups is 2. The van der Waals surface area contributed by atoms with Gasteiger partial charge in [0.05, 0.1) is 0 Å². The van der Waals surface area contributed by atoms with Crippen molar-refractivity contribution in [2.24, 2.45) is 11.7 Å². The number of hydrazine groups is 2. The summed E-state index contributed by atoms with van der Waals surface area (Å²) in [5.74, 6) is 9.61. The van der Waals surface area contributed by atoms with E-state index in [1.54, 1.807) is 12.1 Å². The third-order valence-corrected chi connectivity index (χ3v) is 4.78. The minimum Gasteiger partial charge on any atom is -0.290 e. The van der Waals surface area contributed by atoms with E-state index < -0.39 is 0 Å². The largest absolute Gasteiger partial charge is 0.290 e. The lowest BCUT2D eigenvalue weighted by Gasteiger charge is -2.03. The van der Waals surface area contributed by atoms with Gasteiger partial charge in [0.1, 0.15) is 0 Å². The molecule has 166 valence electrons. The highest BCUT2D eigenvalue weighted by Gasteiger charge is 2.04. The molecule has 0 aliphatic heterocycles. The van der Waals surface area contributed by atoms with Crippen LogP contribution in [-0.2, 0) is 0 Å². The van der Waals surface area contributed by atoms with E-state index in [0.717, 1.165) is 21.5 Å². The third kappa shape index (κ3) is 6.14. The normalized spacial score (nSPS) is 9.81. The van der Waals surface area contributed by atoms with Gasteiger partial charge < -0.3 is 0 Å². The third-order valence-electron chi connectivity index (χ3n) is 4.78. The number of nitrogen functional groups attached to an aromatic ring is 2. The Kier molecular flexibility index (Phi) is 8.89. The number of nitrogens with two attached hydrogens (primary N) is 2. The first-order chi connectivity index (χ1) is 15.4. The van der Waals surface area contributed by atoms with Crippen molar-refractivity contribution in [1.29, 1.82) is 0 Å². The Bertz CT molecular complexity index is 1140. The van der Waals surface area contributed by atoms with Crippen LogP contribution in [-0.4, -0.2) is 11.8 Å². The molecule has 0 heterocycles. The first-order valence-corrected chi connectivity index (χ1v) is 10.4. The van der Waals surface area contributed by atoms with Crippen molar-refractivity contribution >= 4 is 33.4 Å². The number of rotatable bonds is 2. The second kappa shape index (κ2) is 11.6. The highest BCUT2D eigenvalue weighted by Crippen LogP contribution is 2.18. The smallest absolute Gasteiger partial charge is 0.265 e. The summed E-state index contributed by atoms with van der Waals surface area (Å²) in [4.78, 5) is 22.6. The molecule has 4 rings (SSSR count). The topological polar surface area (TPSA) is 110 Å². The molecule has 6 heteroatoms. The molecular weight excluding hydrogens is 400 g/mol. The lowest BCUT2D eigenvalue weighted by Crippen LogP contribution is -2.29. The van der Waals surface area contributed by atoms with Gasteiger partial charge in [-0.3, -0.25) is 20.4 Å². The van der Waals surface area contributed by atoms with Crippen LogP contribution in [0.1, 0.15) is 45.7 Å². The van der Waals surface area contributed by atoms with E-state index in [-0.39, 0.29) is 11.8 Å². The maximum atomic E-state index is 11.3. The standard InChI is InChI=1S/2C12H12N2O.C2H6/c2*1-8-2-3-10-7-11(12(15)14-13)5-4-9(10)6-8;1-2/h2*2-7H,13H2,1H3,(H,14,15);1-2H3. The molecule has 0 unspecified atom stereocenters. The van der Waals surface area contributed by atoms with Crippen molar-refractivity contribution in [3.63, 3.8) is 0 Å². The summed E-state index contributed by atoms with van der Waals surface area (Å²) in [5, 5.41) is 4.34. The van der Waals surface area contributed by atoms with Gasteiger partial charge in [0.25, 0.3) is 11.8 Å². The van der Waals surface area contributed by atoms with E-state index in [9.17, 15) is 9.59 Å². The molecule has 0 aliphatic carbocycles. The van der Waals surface area contributed by atoms with E-state index in [1.165, 1.54) is 11.1 Å². The van der Waals surface area contributed by atoms with E-state index in [2.05, 4.69) is 23.0 Å². The molecule has 0 spiro atoms. The lowest BCUT2D eigenvalue weighted by atomic mass is 10.0. The summed E-state index contributed by atoms with van der Waals surface area (Å²) in [6, 6.07) is 23.2. The predicted octanol–water partition coefficient (Wildman–Crippen LogP) is 4.53. The van der Waals surface area contributed by atoms with Crippen LogP contribution < -0.4 is 22.5 Å². The number of aryl methyl sites for hydroxylation is 2. The number of hydrogen-bond acceptors (Lipinski definition) is 4. The second-order valence-electron chi connectivity index (χ2n) is 7.08. The molecule has 0 aliphatic rings. The summed E-state index contributed by atoms with van der Waals surface area (Å²) >= 11 is 0. The zero-order chi connectivity index (χ0) is 23.7. The monoisotopic (exact) mass is 430 g/mol. The molecule has 0 fully saturated rings. The first kappa shape index (κ1) is 24.5. The maximum Gasteiger partial charge on any atom is 0.265 e. The van der Waals surface area contributed by atoms with Crippen LogP contribution in [0.4, 0.5) is 0 Å². The Hall–Kier alpha value is -3.74. The fraction of sp³-hybridized carbons (Fsp3) is 0.154. The van der Waals surface area contributed by atoms with Gasteiger partial charge in [-0.1, -0.05) is 73.5 Å². The molecule has 2 amide bonds. The van der Waals surface area contributed by atoms with Gasteiger partial charge in [0.15, 0.2) is 0 Å².